The number of carbonyl (C=O) groups excluding carboxylic acids is 1. The second-order valence-corrected chi connectivity index (χ2v) is 7.51. The van der Waals surface area contributed by atoms with Crippen LogP contribution in [0.1, 0.15) is 55.3 Å². The molecule has 2 fully saturated rings. The van der Waals surface area contributed by atoms with E-state index in [1.807, 2.05) is 24.8 Å². The monoisotopic (exact) mass is 370 g/mol. The van der Waals surface area contributed by atoms with Crippen molar-refractivity contribution in [3.8, 4) is 11.4 Å². The van der Waals surface area contributed by atoms with Crippen molar-refractivity contribution in [2.75, 3.05) is 19.8 Å². The van der Waals surface area contributed by atoms with Crippen LogP contribution in [0.15, 0.2) is 16.8 Å². The van der Waals surface area contributed by atoms with E-state index in [9.17, 15) is 4.79 Å². The number of likely N-dealkylation sites (tertiary alicyclic amines) is 1. The third kappa shape index (κ3) is 3.74. The molecule has 0 N–H and O–H groups in total. The van der Waals surface area contributed by atoms with Gasteiger partial charge in [-0.15, -0.1) is 0 Å². The molecule has 0 aromatic carbocycles. The zero-order valence-corrected chi connectivity index (χ0v) is 16.0. The molecule has 144 valence electrons. The maximum absolute atomic E-state index is 12.9. The Morgan fingerprint density at radius 1 is 1.26 bits per heavy atom. The van der Waals surface area contributed by atoms with Gasteiger partial charge in [-0.05, 0) is 51.5 Å². The number of hydrogen-bond donors (Lipinski definition) is 0. The normalized spacial score (nSPS) is 21.0. The molecule has 0 radical (unpaired) electrons. The average Bonchev–Trinajstić information content (AvgIpc) is 3.29. The standard InChI is InChI=1S/C20H26N4O3/c1-13-19(14(2)27-23-13)20-21-8-5-16(22-20)17-4-3-9-24(17)18(25)12-15-6-10-26-11-7-15/h5,8,15,17H,3-4,6-7,9-12H2,1-2H3/t17-/m1/s1. The SMILES string of the molecule is Cc1noc(C)c1-c1nccc([C@H]2CCCN2C(=O)CC2CCOCC2)n1. The number of aromatic nitrogens is 3. The van der Waals surface area contributed by atoms with Crippen LogP contribution in [0, 0.1) is 19.8 Å². The number of nitrogens with zero attached hydrogens (tertiary/aromatic N) is 4. The van der Waals surface area contributed by atoms with Gasteiger partial charge < -0.3 is 14.2 Å². The van der Waals surface area contributed by atoms with E-state index in [4.69, 9.17) is 14.2 Å². The largest absolute Gasteiger partial charge is 0.381 e. The Morgan fingerprint density at radius 3 is 2.81 bits per heavy atom. The lowest BCUT2D eigenvalue weighted by atomic mass is 9.95. The van der Waals surface area contributed by atoms with E-state index in [0.717, 1.165) is 62.4 Å². The average molecular weight is 370 g/mol. The van der Waals surface area contributed by atoms with Crippen LogP contribution in [-0.2, 0) is 9.53 Å². The van der Waals surface area contributed by atoms with Crippen LogP contribution in [0.3, 0.4) is 0 Å². The van der Waals surface area contributed by atoms with Gasteiger partial charge in [0.25, 0.3) is 0 Å². The van der Waals surface area contributed by atoms with Crippen molar-refractivity contribution in [2.24, 2.45) is 5.92 Å². The molecule has 2 saturated heterocycles. The molecule has 4 rings (SSSR count). The molecule has 0 saturated carbocycles. The summed E-state index contributed by atoms with van der Waals surface area (Å²) in [4.78, 5) is 24.1. The van der Waals surface area contributed by atoms with E-state index >= 15 is 0 Å². The zero-order chi connectivity index (χ0) is 18.8. The number of carbonyl (C=O) groups is 1. The van der Waals surface area contributed by atoms with Gasteiger partial charge >= 0.3 is 0 Å². The summed E-state index contributed by atoms with van der Waals surface area (Å²) in [6, 6.07) is 1.95. The summed E-state index contributed by atoms with van der Waals surface area (Å²) in [7, 11) is 0. The van der Waals surface area contributed by atoms with Crippen molar-refractivity contribution in [2.45, 2.75) is 52.0 Å². The van der Waals surface area contributed by atoms with Crippen LogP contribution >= 0.6 is 0 Å². The number of rotatable bonds is 4. The van der Waals surface area contributed by atoms with Crippen LogP contribution in [0.25, 0.3) is 11.4 Å². The second kappa shape index (κ2) is 7.76. The first-order chi connectivity index (χ1) is 13.1. The van der Waals surface area contributed by atoms with E-state index in [0.29, 0.717) is 23.9 Å². The van der Waals surface area contributed by atoms with Gasteiger partial charge in [0.1, 0.15) is 5.76 Å². The van der Waals surface area contributed by atoms with Crippen molar-refractivity contribution < 1.29 is 14.1 Å². The van der Waals surface area contributed by atoms with Gasteiger partial charge in [0.15, 0.2) is 5.82 Å². The molecule has 0 spiro atoms. The van der Waals surface area contributed by atoms with Gasteiger partial charge in [-0.3, -0.25) is 4.79 Å². The highest BCUT2D eigenvalue weighted by Gasteiger charge is 2.32. The quantitative estimate of drug-likeness (QED) is 0.822. The Labute approximate surface area is 159 Å². The highest BCUT2D eigenvalue weighted by molar-refractivity contribution is 5.77. The van der Waals surface area contributed by atoms with Gasteiger partial charge in [-0.2, -0.15) is 0 Å². The minimum Gasteiger partial charge on any atom is -0.381 e. The number of aryl methyl sites for hydroxylation is 2. The molecule has 1 atom stereocenters. The van der Waals surface area contributed by atoms with Crippen molar-refractivity contribution in [3.63, 3.8) is 0 Å². The van der Waals surface area contributed by atoms with E-state index in [1.54, 1.807) is 6.20 Å². The third-order valence-electron chi connectivity index (χ3n) is 5.65. The molecule has 27 heavy (non-hydrogen) atoms. The fourth-order valence-electron chi connectivity index (χ4n) is 4.17. The minimum absolute atomic E-state index is 0.0274. The van der Waals surface area contributed by atoms with Crippen molar-refractivity contribution >= 4 is 5.91 Å². The highest BCUT2D eigenvalue weighted by Crippen LogP contribution is 2.34. The summed E-state index contributed by atoms with van der Waals surface area (Å²) in [6.45, 7) is 6.10. The van der Waals surface area contributed by atoms with E-state index < -0.39 is 0 Å². The topological polar surface area (TPSA) is 81.4 Å². The number of amides is 1. The maximum Gasteiger partial charge on any atom is 0.223 e. The first kappa shape index (κ1) is 18.1. The lowest BCUT2D eigenvalue weighted by Gasteiger charge is -2.28. The molecule has 7 heteroatoms. The van der Waals surface area contributed by atoms with Crippen molar-refractivity contribution in [1.82, 2.24) is 20.0 Å². The Balaban J connectivity index is 1.53. The molecule has 4 heterocycles. The third-order valence-corrected chi connectivity index (χ3v) is 5.65. The number of hydrogen-bond acceptors (Lipinski definition) is 6. The van der Waals surface area contributed by atoms with Crippen LogP contribution < -0.4 is 0 Å². The van der Waals surface area contributed by atoms with Crippen LogP contribution in [0.4, 0.5) is 0 Å². The highest BCUT2D eigenvalue weighted by atomic mass is 16.5. The summed E-state index contributed by atoms with van der Waals surface area (Å²) >= 11 is 0. The summed E-state index contributed by atoms with van der Waals surface area (Å²) in [5, 5.41) is 4.00. The van der Waals surface area contributed by atoms with E-state index in [2.05, 4.69) is 10.1 Å². The lowest BCUT2D eigenvalue weighted by molar-refractivity contribution is -0.133. The molecular weight excluding hydrogens is 344 g/mol. The summed E-state index contributed by atoms with van der Waals surface area (Å²) < 4.78 is 10.7. The first-order valence-corrected chi connectivity index (χ1v) is 9.77. The molecule has 0 bridgehead atoms. The Morgan fingerprint density at radius 2 is 2.07 bits per heavy atom. The summed E-state index contributed by atoms with van der Waals surface area (Å²) in [5.41, 5.74) is 2.52. The Bertz CT molecular complexity index is 794. The molecule has 2 aliphatic rings. The van der Waals surface area contributed by atoms with Crippen LogP contribution in [-0.4, -0.2) is 45.7 Å². The molecule has 2 aromatic rings. The molecule has 2 aromatic heterocycles. The molecule has 2 aliphatic heterocycles. The van der Waals surface area contributed by atoms with Gasteiger partial charge in [0.05, 0.1) is 23.0 Å². The zero-order valence-electron chi connectivity index (χ0n) is 16.0. The van der Waals surface area contributed by atoms with Crippen molar-refractivity contribution in [3.05, 3.63) is 29.4 Å². The predicted octanol–water partition coefficient (Wildman–Crippen LogP) is 3.23. The Kier molecular flexibility index (Phi) is 5.20. The van der Waals surface area contributed by atoms with Gasteiger partial charge in [-0.1, -0.05) is 5.16 Å². The minimum atomic E-state index is 0.0274. The molecule has 0 aliphatic carbocycles. The molecule has 0 unspecified atom stereocenters. The van der Waals surface area contributed by atoms with Gasteiger partial charge in [0, 0.05) is 32.4 Å². The molecular formula is C20H26N4O3. The van der Waals surface area contributed by atoms with Crippen molar-refractivity contribution in [1.29, 1.82) is 0 Å². The molecule has 7 nitrogen and oxygen atoms in total. The fourth-order valence-corrected chi connectivity index (χ4v) is 4.17. The summed E-state index contributed by atoms with van der Waals surface area (Å²) in [6.07, 6.45) is 6.29. The smallest absolute Gasteiger partial charge is 0.223 e. The predicted molar refractivity (Wildman–Crippen MR) is 98.9 cm³/mol. The van der Waals surface area contributed by atoms with E-state index in [1.165, 1.54) is 0 Å². The van der Waals surface area contributed by atoms with Gasteiger partial charge in [0.2, 0.25) is 5.91 Å². The van der Waals surface area contributed by atoms with Crippen LogP contribution in [0.5, 0.6) is 0 Å². The van der Waals surface area contributed by atoms with E-state index in [-0.39, 0.29) is 11.9 Å². The fraction of sp³-hybridized carbons (Fsp3) is 0.600. The Hall–Kier alpha value is -2.28. The molecule has 1 amide bonds. The first-order valence-electron chi connectivity index (χ1n) is 9.77. The lowest BCUT2D eigenvalue weighted by Crippen LogP contribution is -2.33. The van der Waals surface area contributed by atoms with Gasteiger partial charge in [-0.25, -0.2) is 9.97 Å². The second-order valence-electron chi connectivity index (χ2n) is 7.51. The summed E-state index contributed by atoms with van der Waals surface area (Å²) in [5.74, 6) is 2.01. The number of ether oxygens (including phenoxy) is 1. The maximum atomic E-state index is 12.9. The van der Waals surface area contributed by atoms with Crippen LogP contribution in [0.2, 0.25) is 0 Å².